The number of nitrogens with one attached hydrogen (secondary N) is 1. The number of alkyl carbamates (subject to hydrolysis) is 1. The molecule has 0 bridgehead atoms. The van der Waals surface area contributed by atoms with Crippen molar-refractivity contribution in [3.63, 3.8) is 0 Å². The number of rotatable bonds is 4. The maximum Gasteiger partial charge on any atom is 0.407 e. The molecule has 2 N–H and O–H groups in total. The molecule has 1 amide bonds. The van der Waals surface area contributed by atoms with Gasteiger partial charge in [-0.2, -0.15) is 0 Å². The number of amides is 1. The molecule has 0 aliphatic heterocycles. The van der Waals surface area contributed by atoms with Crippen molar-refractivity contribution in [2.24, 2.45) is 5.92 Å². The van der Waals surface area contributed by atoms with Gasteiger partial charge in [-0.15, -0.1) is 0 Å². The van der Waals surface area contributed by atoms with Crippen LogP contribution in [0.15, 0.2) is 0 Å². The van der Waals surface area contributed by atoms with Crippen molar-refractivity contribution in [2.45, 2.75) is 13.8 Å². The molecule has 0 saturated carbocycles. The number of hydrogen-bond acceptors (Lipinski definition) is 3. The minimum atomic E-state index is -0.465. The fourth-order valence-corrected chi connectivity index (χ4v) is 0.451. The van der Waals surface area contributed by atoms with Gasteiger partial charge in [-0.3, -0.25) is 0 Å². The van der Waals surface area contributed by atoms with Crippen LogP contribution in [0, 0.1) is 5.92 Å². The van der Waals surface area contributed by atoms with E-state index in [2.05, 4.69) is 5.32 Å². The standard InChI is InChI=1S/C7H15NO3/c1-6(2)5-11-7(10)8-3-4-9/h6,9H,3-5H2,1-2H3,(H,8,10). The van der Waals surface area contributed by atoms with Crippen LogP contribution in [0.1, 0.15) is 13.8 Å². The number of carbonyl (C=O) groups is 1. The highest BCUT2D eigenvalue weighted by Crippen LogP contribution is 1.91. The lowest BCUT2D eigenvalue weighted by atomic mass is 10.2. The van der Waals surface area contributed by atoms with Crippen molar-refractivity contribution in [3.05, 3.63) is 0 Å². The first-order valence-electron chi connectivity index (χ1n) is 3.68. The average Bonchev–Trinajstić information content (AvgIpc) is 1.97. The SMILES string of the molecule is CC(C)COC(=O)NCCO. The summed E-state index contributed by atoms with van der Waals surface area (Å²) in [5, 5.41) is 10.7. The van der Waals surface area contributed by atoms with E-state index in [4.69, 9.17) is 9.84 Å². The summed E-state index contributed by atoms with van der Waals surface area (Å²) in [6.07, 6.45) is -0.465. The molecule has 0 radical (unpaired) electrons. The maximum atomic E-state index is 10.7. The van der Waals surface area contributed by atoms with Gasteiger partial charge in [0.1, 0.15) is 0 Å². The normalized spacial score (nSPS) is 9.82. The Kier molecular flexibility index (Phi) is 5.56. The molecular weight excluding hydrogens is 146 g/mol. The lowest BCUT2D eigenvalue weighted by Gasteiger charge is -2.07. The lowest BCUT2D eigenvalue weighted by molar-refractivity contribution is 0.130. The Balaban J connectivity index is 3.23. The van der Waals surface area contributed by atoms with E-state index in [1.165, 1.54) is 0 Å². The van der Waals surface area contributed by atoms with E-state index in [0.717, 1.165) is 0 Å². The Hall–Kier alpha value is -0.770. The largest absolute Gasteiger partial charge is 0.449 e. The molecule has 11 heavy (non-hydrogen) atoms. The number of aliphatic hydroxyl groups excluding tert-OH is 1. The molecule has 0 fully saturated rings. The smallest absolute Gasteiger partial charge is 0.407 e. The van der Waals surface area contributed by atoms with E-state index >= 15 is 0 Å². The van der Waals surface area contributed by atoms with E-state index in [-0.39, 0.29) is 13.2 Å². The maximum absolute atomic E-state index is 10.7. The molecule has 0 aliphatic rings. The predicted octanol–water partition coefficient (Wildman–Crippen LogP) is 0.361. The summed E-state index contributed by atoms with van der Waals surface area (Å²) < 4.78 is 4.74. The second-order valence-corrected chi connectivity index (χ2v) is 2.64. The number of hydrogen-bond donors (Lipinski definition) is 2. The zero-order valence-corrected chi connectivity index (χ0v) is 6.96. The van der Waals surface area contributed by atoms with Crippen LogP contribution in [0.3, 0.4) is 0 Å². The third-order valence-corrected chi connectivity index (χ3v) is 0.929. The molecular formula is C7H15NO3. The van der Waals surface area contributed by atoms with Crippen molar-refractivity contribution in [3.8, 4) is 0 Å². The molecule has 4 nitrogen and oxygen atoms in total. The lowest BCUT2D eigenvalue weighted by Crippen LogP contribution is -2.28. The Morgan fingerprint density at radius 1 is 1.64 bits per heavy atom. The summed E-state index contributed by atoms with van der Waals surface area (Å²) in [6, 6.07) is 0. The molecule has 0 saturated heterocycles. The minimum Gasteiger partial charge on any atom is -0.449 e. The zero-order valence-electron chi connectivity index (χ0n) is 6.96. The first kappa shape index (κ1) is 10.2. The first-order chi connectivity index (χ1) is 5.16. The fourth-order valence-electron chi connectivity index (χ4n) is 0.451. The highest BCUT2D eigenvalue weighted by molar-refractivity contribution is 5.66. The highest BCUT2D eigenvalue weighted by Gasteiger charge is 2.01. The summed E-state index contributed by atoms with van der Waals surface area (Å²) in [5.74, 6) is 0.342. The van der Waals surface area contributed by atoms with Crippen LogP contribution in [0.25, 0.3) is 0 Å². The third kappa shape index (κ3) is 7.12. The van der Waals surface area contributed by atoms with E-state index in [9.17, 15) is 4.79 Å². The predicted molar refractivity (Wildman–Crippen MR) is 41.3 cm³/mol. The molecule has 0 aromatic heterocycles. The molecule has 0 aromatic rings. The van der Waals surface area contributed by atoms with Gasteiger partial charge in [0.15, 0.2) is 0 Å². The number of ether oxygens (including phenoxy) is 1. The van der Waals surface area contributed by atoms with Gasteiger partial charge in [-0.1, -0.05) is 13.8 Å². The second kappa shape index (κ2) is 5.97. The van der Waals surface area contributed by atoms with Gasteiger partial charge in [0, 0.05) is 6.54 Å². The summed E-state index contributed by atoms with van der Waals surface area (Å²) in [4.78, 5) is 10.7. The van der Waals surface area contributed by atoms with E-state index in [1.54, 1.807) is 0 Å². The molecule has 0 aromatic carbocycles. The van der Waals surface area contributed by atoms with Crippen molar-refractivity contribution in [2.75, 3.05) is 19.8 Å². The van der Waals surface area contributed by atoms with Gasteiger partial charge in [-0.25, -0.2) is 4.79 Å². The monoisotopic (exact) mass is 161 g/mol. The Morgan fingerprint density at radius 3 is 2.73 bits per heavy atom. The van der Waals surface area contributed by atoms with Gasteiger partial charge in [0.2, 0.25) is 0 Å². The first-order valence-corrected chi connectivity index (χ1v) is 3.68. The number of carbonyl (C=O) groups excluding carboxylic acids is 1. The van der Waals surface area contributed by atoms with Crippen LogP contribution in [0.5, 0.6) is 0 Å². The van der Waals surface area contributed by atoms with Gasteiger partial charge >= 0.3 is 6.09 Å². The van der Waals surface area contributed by atoms with Crippen molar-refractivity contribution >= 4 is 6.09 Å². The Morgan fingerprint density at radius 2 is 2.27 bits per heavy atom. The van der Waals surface area contributed by atoms with Crippen LogP contribution in [-0.2, 0) is 4.74 Å². The molecule has 66 valence electrons. The Bertz CT molecular complexity index is 114. The van der Waals surface area contributed by atoms with Crippen LogP contribution < -0.4 is 5.32 Å². The van der Waals surface area contributed by atoms with Crippen LogP contribution in [-0.4, -0.2) is 31.0 Å². The fraction of sp³-hybridized carbons (Fsp3) is 0.857. The zero-order chi connectivity index (χ0) is 8.69. The molecule has 4 heteroatoms. The number of aliphatic hydroxyl groups is 1. The van der Waals surface area contributed by atoms with Gasteiger partial charge < -0.3 is 15.2 Å². The minimum absolute atomic E-state index is 0.0588. The highest BCUT2D eigenvalue weighted by atomic mass is 16.5. The summed E-state index contributed by atoms with van der Waals surface area (Å²) in [5.41, 5.74) is 0. The summed E-state index contributed by atoms with van der Waals surface area (Å²) in [7, 11) is 0. The van der Waals surface area contributed by atoms with Gasteiger partial charge in [-0.05, 0) is 5.92 Å². The van der Waals surface area contributed by atoms with Crippen molar-refractivity contribution in [1.82, 2.24) is 5.32 Å². The molecule has 0 aliphatic carbocycles. The average molecular weight is 161 g/mol. The molecule has 0 unspecified atom stereocenters. The van der Waals surface area contributed by atoms with E-state index in [1.807, 2.05) is 13.8 Å². The molecule has 0 spiro atoms. The van der Waals surface area contributed by atoms with E-state index < -0.39 is 6.09 Å². The summed E-state index contributed by atoms with van der Waals surface area (Å²) in [6.45, 7) is 4.52. The summed E-state index contributed by atoms with van der Waals surface area (Å²) >= 11 is 0. The van der Waals surface area contributed by atoms with Crippen LogP contribution in [0.2, 0.25) is 0 Å². The third-order valence-electron chi connectivity index (χ3n) is 0.929. The molecule has 0 rings (SSSR count). The molecule has 0 heterocycles. The van der Waals surface area contributed by atoms with Crippen LogP contribution >= 0.6 is 0 Å². The van der Waals surface area contributed by atoms with E-state index in [0.29, 0.717) is 12.5 Å². The Labute approximate surface area is 66.5 Å². The quantitative estimate of drug-likeness (QED) is 0.626. The second-order valence-electron chi connectivity index (χ2n) is 2.64. The van der Waals surface area contributed by atoms with Gasteiger partial charge in [0.05, 0.1) is 13.2 Å². The van der Waals surface area contributed by atoms with Crippen molar-refractivity contribution in [1.29, 1.82) is 0 Å². The van der Waals surface area contributed by atoms with Crippen LogP contribution in [0.4, 0.5) is 4.79 Å². The molecule has 0 atom stereocenters. The van der Waals surface area contributed by atoms with Gasteiger partial charge in [0.25, 0.3) is 0 Å². The van der Waals surface area contributed by atoms with Crippen molar-refractivity contribution < 1.29 is 14.6 Å². The topological polar surface area (TPSA) is 58.6 Å².